The zero-order valence-electron chi connectivity index (χ0n) is 15.2. The van der Waals surface area contributed by atoms with E-state index in [1.54, 1.807) is 10.7 Å². The Balaban J connectivity index is 1.74. The van der Waals surface area contributed by atoms with E-state index in [-0.39, 0.29) is 18.0 Å². The Hall–Kier alpha value is -2.87. The molecule has 2 aromatic rings. The minimum Gasteiger partial charge on any atom is -0.322 e. The summed E-state index contributed by atoms with van der Waals surface area (Å²) in [5.41, 5.74) is 2.51. The molecule has 3 amide bonds. The van der Waals surface area contributed by atoms with Crippen LogP contribution in [0.1, 0.15) is 37.3 Å². The Kier molecular flexibility index (Phi) is 5.22. The van der Waals surface area contributed by atoms with Gasteiger partial charge in [-0.1, -0.05) is 19.1 Å². The number of amides is 3. The summed E-state index contributed by atoms with van der Waals surface area (Å²) in [6.45, 7) is 5.82. The van der Waals surface area contributed by atoms with Crippen LogP contribution in [-0.2, 0) is 4.79 Å². The maximum atomic E-state index is 12.4. The van der Waals surface area contributed by atoms with E-state index in [1.165, 1.54) is 0 Å². The molecule has 3 rings (SSSR count). The fourth-order valence-electron chi connectivity index (χ4n) is 2.96. The molecule has 0 saturated carbocycles. The number of carbonyl (C=O) groups excluding carboxylic acids is 2. The number of anilines is 2. The zero-order chi connectivity index (χ0) is 18.7. The van der Waals surface area contributed by atoms with Crippen molar-refractivity contribution in [2.75, 3.05) is 10.6 Å². The van der Waals surface area contributed by atoms with Crippen molar-refractivity contribution in [1.29, 1.82) is 0 Å². The number of carbonyl (C=O) groups is 2. The van der Waals surface area contributed by atoms with Gasteiger partial charge in [0.15, 0.2) is 6.29 Å². The van der Waals surface area contributed by atoms with E-state index in [4.69, 9.17) is 0 Å². The van der Waals surface area contributed by atoms with Gasteiger partial charge in [-0.2, -0.15) is 5.10 Å². The third kappa shape index (κ3) is 4.20. The molecule has 2 atom stereocenters. The predicted molar refractivity (Wildman–Crippen MR) is 99.8 cm³/mol. The summed E-state index contributed by atoms with van der Waals surface area (Å²) in [5.74, 6) is 0.464. The van der Waals surface area contributed by atoms with Gasteiger partial charge in [-0.15, -0.1) is 0 Å². The van der Waals surface area contributed by atoms with Crippen molar-refractivity contribution in [1.82, 2.24) is 20.4 Å². The number of aromatic nitrogens is 2. The number of benzene rings is 1. The molecule has 0 bridgehead atoms. The lowest BCUT2D eigenvalue weighted by atomic mass is 10.1. The number of hydrogen-bond acceptors (Lipinski definition) is 4. The highest BCUT2D eigenvalue weighted by molar-refractivity contribution is 5.99. The van der Waals surface area contributed by atoms with Crippen LogP contribution in [0.2, 0.25) is 0 Å². The predicted octanol–water partition coefficient (Wildman–Crippen LogP) is 2.49. The normalized spacial score (nSPS) is 19.7. The molecule has 4 N–H and O–H groups in total. The molecule has 1 saturated heterocycles. The van der Waals surface area contributed by atoms with Crippen molar-refractivity contribution in [3.8, 4) is 0 Å². The van der Waals surface area contributed by atoms with Crippen LogP contribution in [0, 0.1) is 13.8 Å². The maximum absolute atomic E-state index is 12.4. The summed E-state index contributed by atoms with van der Waals surface area (Å²) < 4.78 is 1.59. The minimum atomic E-state index is -0.496. The Morgan fingerprint density at radius 2 is 2.12 bits per heavy atom. The molecular formula is C18H24N6O2. The monoisotopic (exact) mass is 356 g/mol. The molecule has 0 aliphatic carbocycles. The fourth-order valence-corrected chi connectivity index (χ4v) is 2.96. The molecule has 1 fully saturated rings. The lowest BCUT2D eigenvalue weighted by Crippen LogP contribution is -2.53. The molecule has 1 aliphatic heterocycles. The van der Waals surface area contributed by atoms with Crippen LogP contribution in [0.3, 0.4) is 0 Å². The Labute approximate surface area is 152 Å². The van der Waals surface area contributed by atoms with E-state index in [2.05, 4.69) is 26.4 Å². The van der Waals surface area contributed by atoms with Gasteiger partial charge in [-0.25, -0.2) is 9.48 Å². The lowest BCUT2D eigenvalue weighted by Gasteiger charge is -2.31. The third-order valence-electron chi connectivity index (χ3n) is 4.24. The first-order valence-electron chi connectivity index (χ1n) is 8.71. The molecule has 1 aliphatic rings. The Bertz CT molecular complexity index is 816. The molecule has 1 aromatic carbocycles. The zero-order valence-corrected chi connectivity index (χ0v) is 15.2. The highest BCUT2D eigenvalue weighted by Gasteiger charge is 2.28. The van der Waals surface area contributed by atoms with Gasteiger partial charge in [0, 0.05) is 24.2 Å². The van der Waals surface area contributed by atoms with Gasteiger partial charge in [0.2, 0.25) is 5.91 Å². The SMILES string of the molecule is CCC1CC(=O)NC(n2nc(C)cc2NC(=O)Nc2cccc(C)c2)N1. The van der Waals surface area contributed by atoms with Gasteiger partial charge in [0.05, 0.1) is 5.69 Å². The summed E-state index contributed by atoms with van der Waals surface area (Å²) in [7, 11) is 0. The van der Waals surface area contributed by atoms with Crippen LogP contribution in [0.4, 0.5) is 16.3 Å². The average molecular weight is 356 g/mol. The fraction of sp³-hybridized carbons (Fsp3) is 0.389. The number of nitrogens with zero attached hydrogens (tertiary/aromatic N) is 2. The minimum absolute atomic E-state index is 0.0380. The molecular weight excluding hydrogens is 332 g/mol. The molecule has 8 nitrogen and oxygen atoms in total. The number of hydrogen-bond donors (Lipinski definition) is 4. The number of urea groups is 1. The smallest absolute Gasteiger partial charge is 0.322 e. The summed E-state index contributed by atoms with van der Waals surface area (Å²) in [5, 5.41) is 16.2. The molecule has 8 heteroatoms. The van der Waals surface area contributed by atoms with Crippen LogP contribution in [0.25, 0.3) is 0 Å². The first kappa shape index (κ1) is 17.9. The number of aryl methyl sites for hydroxylation is 2. The van der Waals surface area contributed by atoms with E-state index in [9.17, 15) is 9.59 Å². The van der Waals surface area contributed by atoms with Crippen LogP contribution < -0.4 is 21.3 Å². The van der Waals surface area contributed by atoms with Crippen molar-refractivity contribution in [3.63, 3.8) is 0 Å². The summed E-state index contributed by atoms with van der Waals surface area (Å²) in [6.07, 6.45) is 0.772. The van der Waals surface area contributed by atoms with Crippen LogP contribution in [-0.4, -0.2) is 27.8 Å². The van der Waals surface area contributed by atoms with Gasteiger partial charge in [-0.05, 0) is 38.0 Å². The first-order chi connectivity index (χ1) is 12.4. The average Bonchev–Trinajstić information content (AvgIpc) is 2.94. The highest BCUT2D eigenvalue weighted by Crippen LogP contribution is 2.18. The van der Waals surface area contributed by atoms with Crippen LogP contribution >= 0.6 is 0 Å². The third-order valence-corrected chi connectivity index (χ3v) is 4.24. The molecule has 2 heterocycles. The van der Waals surface area contributed by atoms with E-state index >= 15 is 0 Å². The van der Waals surface area contributed by atoms with Crippen molar-refractivity contribution < 1.29 is 9.59 Å². The van der Waals surface area contributed by atoms with Crippen LogP contribution in [0.15, 0.2) is 30.3 Å². The quantitative estimate of drug-likeness (QED) is 0.676. The largest absolute Gasteiger partial charge is 0.324 e. The molecule has 0 radical (unpaired) electrons. The Morgan fingerprint density at radius 1 is 1.31 bits per heavy atom. The molecule has 1 aromatic heterocycles. The maximum Gasteiger partial charge on any atom is 0.324 e. The van der Waals surface area contributed by atoms with Crippen molar-refractivity contribution in [2.24, 2.45) is 0 Å². The van der Waals surface area contributed by atoms with Crippen LogP contribution in [0.5, 0.6) is 0 Å². The van der Waals surface area contributed by atoms with Gasteiger partial charge in [-0.3, -0.25) is 15.4 Å². The van der Waals surface area contributed by atoms with Crippen molar-refractivity contribution >= 4 is 23.4 Å². The van der Waals surface area contributed by atoms with E-state index in [0.29, 0.717) is 17.9 Å². The Morgan fingerprint density at radius 3 is 2.85 bits per heavy atom. The topological polar surface area (TPSA) is 100 Å². The van der Waals surface area contributed by atoms with Gasteiger partial charge in [0.1, 0.15) is 5.82 Å². The van der Waals surface area contributed by atoms with E-state index in [0.717, 1.165) is 17.7 Å². The molecule has 0 spiro atoms. The standard InChI is InChI=1S/C18H24N6O2/c1-4-13-10-16(25)22-17(19-13)24-15(9-12(3)23-24)21-18(26)20-14-7-5-6-11(2)8-14/h5-9,13,17,19H,4,10H2,1-3H3,(H,22,25)(H2,20,21,26). The summed E-state index contributed by atoms with van der Waals surface area (Å²) in [6, 6.07) is 9.02. The molecule has 2 unspecified atom stereocenters. The van der Waals surface area contributed by atoms with E-state index in [1.807, 2.05) is 45.0 Å². The second kappa shape index (κ2) is 7.57. The second-order valence-electron chi connectivity index (χ2n) is 6.51. The van der Waals surface area contributed by atoms with Gasteiger partial charge < -0.3 is 10.6 Å². The van der Waals surface area contributed by atoms with E-state index < -0.39 is 6.29 Å². The number of rotatable bonds is 4. The summed E-state index contributed by atoms with van der Waals surface area (Å²) >= 11 is 0. The number of nitrogens with one attached hydrogen (secondary N) is 4. The first-order valence-corrected chi connectivity index (χ1v) is 8.71. The summed E-state index contributed by atoms with van der Waals surface area (Å²) in [4.78, 5) is 24.3. The van der Waals surface area contributed by atoms with Gasteiger partial charge in [0.25, 0.3) is 0 Å². The van der Waals surface area contributed by atoms with Crippen molar-refractivity contribution in [3.05, 3.63) is 41.6 Å². The second-order valence-corrected chi connectivity index (χ2v) is 6.51. The highest BCUT2D eigenvalue weighted by atomic mass is 16.2. The lowest BCUT2D eigenvalue weighted by molar-refractivity contribution is -0.125. The van der Waals surface area contributed by atoms with Gasteiger partial charge >= 0.3 is 6.03 Å². The molecule has 26 heavy (non-hydrogen) atoms. The molecule has 138 valence electrons. The van der Waals surface area contributed by atoms with Crippen molar-refractivity contribution in [2.45, 2.75) is 45.9 Å².